The number of rotatable bonds is 0. The molecule has 0 unspecified atom stereocenters. The zero-order valence-corrected chi connectivity index (χ0v) is 7.34. The van der Waals surface area contributed by atoms with Crippen molar-refractivity contribution in [1.82, 2.24) is 3.76 Å². The highest BCUT2D eigenvalue weighted by Gasteiger charge is 2.04. The lowest BCUT2D eigenvalue weighted by atomic mass is 10.4. The molecule has 0 aliphatic heterocycles. The zero-order valence-electron chi connectivity index (χ0n) is 4.95. The standard InChI is InChI=1S/C6H4NS2.ClH/c1-2-4-6-5(3-1)8-7-9-6;/h1-4H;1H/q+1;/p-1. The lowest BCUT2D eigenvalue weighted by Crippen LogP contribution is -3.00. The number of halogens is 1. The first-order valence-corrected chi connectivity index (χ1v) is 4.15. The molecule has 0 fully saturated rings. The second kappa shape index (κ2) is 3.23. The molecular weight excluding hydrogens is 186 g/mol. The van der Waals surface area contributed by atoms with Crippen molar-refractivity contribution in [3.05, 3.63) is 24.3 Å². The molecule has 2 aromatic rings. The van der Waals surface area contributed by atoms with Gasteiger partial charge in [0, 0.05) is 0 Å². The lowest BCUT2D eigenvalue weighted by Gasteiger charge is -1.71. The number of hydrogen-bond donors (Lipinski definition) is 0. The molecule has 1 aromatic carbocycles. The van der Waals surface area contributed by atoms with Crippen molar-refractivity contribution < 1.29 is 12.4 Å². The van der Waals surface area contributed by atoms with Crippen LogP contribution in [0.5, 0.6) is 0 Å². The van der Waals surface area contributed by atoms with Crippen LogP contribution in [0.4, 0.5) is 0 Å². The molecule has 10 heavy (non-hydrogen) atoms. The molecule has 0 spiro atoms. The van der Waals surface area contributed by atoms with Crippen LogP contribution in [-0.2, 0) is 0 Å². The molecule has 1 heterocycles. The number of nitrogens with zero attached hydrogens (tertiary/aromatic N) is 1. The van der Waals surface area contributed by atoms with E-state index in [1.54, 1.807) is 23.1 Å². The quantitative estimate of drug-likeness (QED) is 0.516. The Morgan fingerprint density at radius 3 is 2.90 bits per heavy atom. The van der Waals surface area contributed by atoms with E-state index in [9.17, 15) is 0 Å². The van der Waals surface area contributed by atoms with Gasteiger partial charge < -0.3 is 12.4 Å². The second-order valence-corrected chi connectivity index (χ2v) is 3.54. The van der Waals surface area contributed by atoms with E-state index in [0.29, 0.717) is 0 Å². The first-order valence-electron chi connectivity index (χ1n) is 2.60. The van der Waals surface area contributed by atoms with Crippen LogP contribution < -0.4 is 12.4 Å². The van der Waals surface area contributed by atoms with Gasteiger partial charge >= 0.3 is 0 Å². The van der Waals surface area contributed by atoms with Gasteiger partial charge in [0.2, 0.25) is 23.1 Å². The molecule has 0 bridgehead atoms. The summed E-state index contributed by atoms with van der Waals surface area (Å²) < 4.78 is 6.64. The van der Waals surface area contributed by atoms with Gasteiger partial charge in [-0.2, -0.15) is 0 Å². The molecule has 0 saturated heterocycles. The second-order valence-electron chi connectivity index (χ2n) is 1.70. The normalized spacial score (nSPS) is 9.20. The molecule has 0 atom stereocenters. The van der Waals surface area contributed by atoms with E-state index in [0.717, 1.165) is 0 Å². The third-order valence-corrected chi connectivity index (χ3v) is 2.95. The van der Waals surface area contributed by atoms with Gasteiger partial charge in [-0.25, -0.2) is 0 Å². The van der Waals surface area contributed by atoms with Gasteiger partial charge in [0.05, 0.1) is 3.76 Å². The van der Waals surface area contributed by atoms with Crippen molar-refractivity contribution in [2.24, 2.45) is 0 Å². The zero-order chi connectivity index (χ0) is 6.10. The fourth-order valence-electron chi connectivity index (χ4n) is 0.700. The highest BCUT2D eigenvalue weighted by Crippen LogP contribution is 2.20. The van der Waals surface area contributed by atoms with Crippen molar-refractivity contribution in [2.45, 2.75) is 0 Å². The van der Waals surface area contributed by atoms with E-state index >= 15 is 0 Å². The van der Waals surface area contributed by atoms with E-state index in [4.69, 9.17) is 0 Å². The van der Waals surface area contributed by atoms with Gasteiger partial charge in [-0.05, 0) is 12.1 Å². The first kappa shape index (κ1) is 7.85. The Morgan fingerprint density at radius 2 is 2.10 bits per heavy atom. The summed E-state index contributed by atoms with van der Waals surface area (Å²) in [5.74, 6) is 0. The summed E-state index contributed by atoms with van der Waals surface area (Å²) >= 11 is 3.11. The summed E-state index contributed by atoms with van der Waals surface area (Å²) in [4.78, 5) is 0. The van der Waals surface area contributed by atoms with Gasteiger partial charge in [-0.1, -0.05) is 12.1 Å². The number of hydrogen-bond acceptors (Lipinski definition) is 2. The molecule has 1 nitrogen and oxygen atoms in total. The highest BCUT2D eigenvalue weighted by atomic mass is 35.5. The third kappa shape index (κ3) is 1.26. The minimum atomic E-state index is 0. The van der Waals surface area contributed by atoms with Crippen molar-refractivity contribution in [2.75, 3.05) is 0 Å². The monoisotopic (exact) mass is 189 g/mol. The van der Waals surface area contributed by atoms with Crippen molar-refractivity contribution in [3.63, 3.8) is 0 Å². The van der Waals surface area contributed by atoms with Gasteiger partial charge in [0.1, 0.15) is 0 Å². The predicted octanol–water partition coefficient (Wildman–Crippen LogP) is -0.357. The molecule has 0 aliphatic carbocycles. The predicted molar refractivity (Wildman–Crippen MR) is 41.9 cm³/mol. The van der Waals surface area contributed by atoms with Crippen LogP contribution in [-0.4, -0.2) is 3.76 Å². The minimum absolute atomic E-state index is 0. The maximum absolute atomic E-state index is 4.08. The summed E-state index contributed by atoms with van der Waals surface area (Å²) in [5, 5.41) is 0. The van der Waals surface area contributed by atoms with Crippen LogP contribution >= 0.6 is 23.1 Å². The largest absolute Gasteiger partial charge is 1.00 e. The summed E-state index contributed by atoms with van der Waals surface area (Å²) in [6.07, 6.45) is 0. The number of benzene rings is 1. The van der Waals surface area contributed by atoms with Gasteiger partial charge in [0.15, 0.2) is 9.40 Å². The molecule has 2 rings (SSSR count). The minimum Gasteiger partial charge on any atom is -1.00 e. The Hall–Kier alpha value is -0.250. The highest BCUT2D eigenvalue weighted by molar-refractivity contribution is 7.30. The molecule has 0 amide bonds. The Kier molecular flexibility index (Phi) is 2.54. The summed E-state index contributed by atoms with van der Waals surface area (Å²) in [7, 11) is 0. The van der Waals surface area contributed by atoms with Crippen LogP contribution in [0.3, 0.4) is 0 Å². The fourth-order valence-corrected chi connectivity index (χ4v) is 2.31. The molecule has 0 N–H and O–H groups in total. The van der Waals surface area contributed by atoms with Crippen molar-refractivity contribution >= 4 is 32.5 Å². The van der Waals surface area contributed by atoms with E-state index < -0.39 is 0 Å². The Bertz CT molecular complexity index is 290. The SMILES string of the molecule is [Cl-].c1ccc2[s+]nsc2c1. The van der Waals surface area contributed by atoms with E-state index in [1.807, 2.05) is 12.1 Å². The topological polar surface area (TPSA) is 12.9 Å². The Labute approximate surface area is 73.1 Å². The maximum atomic E-state index is 4.08. The first-order chi connectivity index (χ1) is 4.47. The Balaban J connectivity index is 0.000000500. The van der Waals surface area contributed by atoms with Crippen LogP contribution in [0, 0.1) is 0 Å². The molecule has 1 aromatic heterocycles. The average Bonchev–Trinajstić information content (AvgIpc) is 2.33. The van der Waals surface area contributed by atoms with E-state index in [-0.39, 0.29) is 12.4 Å². The lowest BCUT2D eigenvalue weighted by molar-refractivity contribution is -0.00000168. The van der Waals surface area contributed by atoms with Crippen LogP contribution in [0.15, 0.2) is 24.3 Å². The van der Waals surface area contributed by atoms with Gasteiger partial charge in [0.25, 0.3) is 0 Å². The van der Waals surface area contributed by atoms with E-state index in [1.165, 1.54) is 9.40 Å². The molecule has 52 valence electrons. The summed E-state index contributed by atoms with van der Waals surface area (Å²) in [5.41, 5.74) is 0. The van der Waals surface area contributed by atoms with Crippen LogP contribution in [0.2, 0.25) is 0 Å². The molecule has 0 saturated carbocycles. The molecule has 0 radical (unpaired) electrons. The summed E-state index contributed by atoms with van der Waals surface area (Å²) in [6, 6.07) is 8.24. The van der Waals surface area contributed by atoms with Gasteiger partial charge in [-0.3, -0.25) is 0 Å². The van der Waals surface area contributed by atoms with Crippen molar-refractivity contribution in [3.8, 4) is 0 Å². The fraction of sp³-hybridized carbons (Fsp3) is 0. The van der Waals surface area contributed by atoms with Crippen LogP contribution in [0.25, 0.3) is 9.40 Å². The maximum Gasteiger partial charge on any atom is 0.209 e. The molecule has 4 heteroatoms. The van der Waals surface area contributed by atoms with E-state index in [2.05, 4.69) is 15.9 Å². The smallest absolute Gasteiger partial charge is 0.209 e. The third-order valence-electron chi connectivity index (χ3n) is 1.12. The number of fused-ring (bicyclic) bond motifs is 1. The molecule has 0 aliphatic rings. The van der Waals surface area contributed by atoms with Crippen molar-refractivity contribution in [1.29, 1.82) is 0 Å². The number of aromatic nitrogens is 1. The summed E-state index contributed by atoms with van der Waals surface area (Å²) in [6.45, 7) is 0. The van der Waals surface area contributed by atoms with Gasteiger partial charge in [-0.15, -0.1) is 0 Å². The van der Waals surface area contributed by atoms with Crippen LogP contribution in [0.1, 0.15) is 0 Å². The Morgan fingerprint density at radius 1 is 1.30 bits per heavy atom. The molecular formula is C6H4ClNS2. The average molecular weight is 190 g/mol.